The van der Waals surface area contributed by atoms with Gasteiger partial charge in [-0.1, -0.05) is 11.6 Å². The van der Waals surface area contributed by atoms with E-state index in [-0.39, 0.29) is 6.61 Å². The third kappa shape index (κ3) is 5.09. The summed E-state index contributed by atoms with van der Waals surface area (Å²) in [6, 6.07) is 1.88. The van der Waals surface area contributed by atoms with Crippen molar-refractivity contribution >= 4 is 11.6 Å². The van der Waals surface area contributed by atoms with Gasteiger partial charge in [-0.15, -0.1) is 0 Å². The van der Waals surface area contributed by atoms with Crippen LogP contribution in [0.5, 0.6) is 0 Å². The fourth-order valence-corrected chi connectivity index (χ4v) is 1.27. The molecule has 1 rings (SSSR count). The molecule has 1 aromatic rings. The summed E-state index contributed by atoms with van der Waals surface area (Å²) in [6.45, 7) is 2.47. The summed E-state index contributed by atoms with van der Waals surface area (Å²) in [7, 11) is 0. The standard InChI is InChI=1S/C10H15ClN2O2/c11-10-8-12-2-1-9(10)7-13-3-5-15-6-4-14/h1-2,8,13-14H,3-7H2. The third-order valence-electron chi connectivity index (χ3n) is 1.83. The number of hydrogen-bond acceptors (Lipinski definition) is 4. The molecular formula is C10H15ClN2O2. The van der Waals surface area contributed by atoms with Gasteiger partial charge in [0.2, 0.25) is 0 Å². The molecular weight excluding hydrogens is 216 g/mol. The minimum atomic E-state index is 0.0657. The number of aliphatic hydroxyl groups is 1. The number of nitrogens with zero attached hydrogens (tertiary/aromatic N) is 1. The lowest BCUT2D eigenvalue weighted by Crippen LogP contribution is -2.20. The molecule has 0 fully saturated rings. The van der Waals surface area contributed by atoms with E-state index in [0.29, 0.717) is 24.8 Å². The first-order valence-electron chi connectivity index (χ1n) is 4.82. The molecule has 2 N–H and O–H groups in total. The molecule has 0 saturated carbocycles. The van der Waals surface area contributed by atoms with E-state index >= 15 is 0 Å². The molecule has 0 aliphatic carbocycles. The number of rotatable bonds is 7. The Morgan fingerprint density at radius 2 is 2.33 bits per heavy atom. The maximum absolute atomic E-state index is 8.47. The molecule has 0 bridgehead atoms. The van der Waals surface area contributed by atoms with Crippen LogP contribution >= 0.6 is 11.6 Å². The van der Waals surface area contributed by atoms with Gasteiger partial charge < -0.3 is 15.2 Å². The first-order chi connectivity index (χ1) is 7.34. The highest BCUT2D eigenvalue weighted by Crippen LogP contribution is 2.12. The summed E-state index contributed by atoms with van der Waals surface area (Å²) >= 11 is 5.92. The Morgan fingerprint density at radius 3 is 3.07 bits per heavy atom. The minimum absolute atomic E-state index is 0.0657. The molecule has 0 spiro atoms. The first kappa shape index (κ1) is 12.4. The molecule has 84 valence electrons. The number of aliphatic hydroxyl groups excluding tert-OH is 1. The number of halogens is 1. The number of nitrogens with one attached hydrogen (secondary N) is 1. The van der Waals surface area contributed by atoms with Crippen molar-refractivity contribution in [3.63, 3.8) is 0 Å². The lowest BCUT2D eigenvalue weighted by molar-refractivity contribution is 0.0938. The van der Waals surface area contributed by atoms with Crippen LogP contribution in [0.3, 0.4) is 0 Å². The Morgan fingerprint density at radius 1 is 1.47 bits per heavy atom. The van der Waals surface area contributed by atoms with Crippen molar-refractivity contribution in [2.24, 2.45) is 0 Å². The van der Waals surface area contributed by atoms with E-state index < -0.39 is 0 Å². The smallest absolute Gasteiger partial charge is 0.0698 e. The Bertz CT molecular complexity index is 284. The van der Waals surface area contributed by atoms with Crippen LogP contribution in [0, 0.1) is 0 Å². The number of aromatic nitrogens is 1. The summed E-state index contributed by atoms with van der Waals surface area (Å²) in [4.78, 5) is 3.90. The normalized spacial score (nSPS) is 10.5. The topological polar surface area (TPSA) is 54.4 Å². The summed E-state index contributed by atoms with van der Waals surface area (Å²) in [5, 5.41) is 12.3. The van der Waals surface area contributed by atoms with E-state index in [9.17, 15) is 0 Å². The molecule has 1 aromatic heterocycles. The van der Waals surface area contributed by atoms with Gasteiger partial charge in [-0.05, 0) is 11.6 Å². The van der Waals surface area contributed by atoms with E-state index in [2.05, 4.69) is 10.3 Å². The molecule has 0 saturated heterocycles. The fourth-order valence-electron chi connectivity index (χ4n) is 1.08. The van der Waals surface area contributed by atoms with Gasteiger partial charge in [0, 0.05) is 25.5 Å². The number of pyridine rings is 1. The molecule has 0 atom stereocenters. The van der Waals surface area contributed by atoms with Crippen LogP contribution < -0.4 is 5.32 Å². The van der Waals surface area contributed by atoms with E-state index in [4.69, 9.17) is 21.4 Å². The van der Waals surface area contributed by atoms with E-state index in [1.807, 2.05) is 6.07 Å². The zero-order valence-electron chi connectivity index (χ0n) is 8.45. The zero-order valence-corrected chi connectivity index (χ0v) is 9.20. The van der Waals surface area contributed by atoms with Gasteiger partial charge in [0.25, 0.3) is 0 Å². The van der Waals surface area contributed by atoms with Gasteiger partial charge >= 0.3 is 0 Å². The Hall–Kier alpha value is -0.680. The molecule has 0 aromatic carbocycles. The summed E-state index contributed by atoms with van der Waals surface area (Å²) in [5.74, 6) is 0. The van der Waals surface area contributed by atoms with Crippen molar-refractivity contribution in [3.8, 4) is 0 Å². The highest BCUT2D eigenvalue weighted by molar-refractivity contribution is 6.31. The van der Waals surface area contributed by atoms with Crippen molar-refractivity contribution in [2.75, 3.05) is 26.4 Å². The fraction of sp³-hybridized carbons (Fsp3) is 0.500. The monoisotopic (exact) mass is 230 g/mol. The van der Waals surface area contributed by atoms with Gasteiger partial charge in [-0.3, -0.25) is 4.98 Å². The second kappa shape index (κ2) is 7.59. The average molecular weight is 231 g/mol. The van der Waals surface area contributed by atoms with Gasteiger partial charge in [-0.25, -0.2) is 0 Å². The van der Waals surface area contributed by atoms with Crippen molar-refractivity contribution in [1.29, 1.82) is 0 Å². The second-order valence-electron chi connectivity index (χ2n) is 2.98. The van der Waals surface area contributed by atoms with Crippen molar-refractivity contribution in [2.45, 2.75) is 6.54 Å². The Balaban J connectivity index is 2.12. The zero-order chi connectivity index (χ0) is 10.9. The first-order valence-corrected chi connectivity index (χ1v) is 5.20. The van der Waals surface area contributed by atoms with Crippen LogP contribution in [0.4, 0.5) is 0 Å². The van der Waals surface area contributed by atoms with Gasteiger partial charge in [0.15, 0.2) is 0 Å². The molecule has 0 aliphatic rings. The average Bonchev–Trinajstić information content (AvgIpc) is 2.25. The number of ether oxygens (including phenoxy) is 1. The third-order valence-corrected chi connectivity index (χ3v) is 2.17. The summed E-state index contributed by atoms with van der Waals surface area (Å²) in [6.07, 6.45) is 3.34. The lowest BCUT2D eigenvalue weighted by atomic mass is 10.3. The van der Waals surface area contributed by atoms with Gasteiger partial charge in [-0.2, -0.15) is 0 Å². The predicted molar refractivity (Wildman–Crippen MR) is 58.9 cm³/mol. The van der Waals surface area contributed by atoms with Crippen LogP contribution in [0.2, 0.25) is 5.02 Å². The van der Waals surface area contributed by atoms with E-state index in [0.717, 1.165) is 12.1 Å². The minimum Gasteiger partial charge on any atom is -0.394 e. The molecule has 4 nitrogen and oxygen atoms in total. The van der Waals surface area contributed by atoms with Crippen LogP contribution in [0.25, 0.3) is 0 Å². The van der Waals surface area contributed by atoms with Crippen LogP contribution in [0.15, 0.2) is 18.5 Å². The maximum Gasteiger partial charge on any atom is 0.0698 e. The quantitative estimate of drug-likeness (QED) is 0.682. The SMILES string of the molecule is OCCOCCNCc1ccncc1Cl. The van der Waals surface area contributed by atoms with Crippen LogP contribution in [-0.4, -0.2) is 36.5 Å². The predicted octanol–water partition coefficient (Wildman–Crippen LogP) is 0.833. The number of hydrogen-bond donors (Lipinski definition) is 2. The molecule has 0 unspecified atom stereocenters. The molecule has 0 amide bonds. The molecule has 0 aliphatic heterocycles. The van der Waals surface area contributed by atoms with Crippen molar-refractivity contribution in [1.82, 2.24) is 10.3 Å². The van der Waals surface area contributed by atoms with Gasteiger partial charge in [0.1, 0.15) is 0 Å². The Kier molecular flexibility index (Phi) is 6.27. The largest absolute Gasteiger partial charge is 0.394 e. The Labute approximate surface area is 94.2 Å². The van der Waals surface area contributed by atoms with Gasteiger partial charge in [0.05, 0.1) is 24.8 Å². The van der Waals surface area contributed by atoms with E-state index in [1.165, 1.54) is 0 Å². The van der Waals surface area contributed by atoms with Crippen molar-refractivity contribution < 1.29 is 9.84 Å². The highest BCUT2D eigenvalue weighted by Gasteiger charge is 1.97. The highest BCUT2D eigenvalue weighted by atomic mass is 35.5. The van der Waals surface area contributed by atoms with Crippen LogP contribution in [-0.2, 0) is 11.3 Å². The molecule has 1 heterocycles. The maximum atomic E-state index is 8.47. The second-order valence-corrected chi connectivity index (χ2v) is 3.39. The van der Waals surface area contributed by atoms with Crippen LogP contribution in [0.1, 0.15) is 5.56 Å². The van der Waals surface area contributed by atoms with Crippen molar-refractivity contribution in [3.05, 3.63) is 29.0 Å². The molecule has 5 heteroatoms. The lowest BCUT2D eigenvalue weighted by Gasteiger charge is -2.06. The molecule has 15 heavy (non-hydrogen) atoms. The summed E-state index contributed by atoms with van der Waals surface area (Å²) < 4.78 is 5.09. The molecule has 0 radical (unpaired) electrons. The van der Waals surface area contributed by atoms with E-state index in [1.54, 1.807) is 12.4 Å². The summed E-state index contributed by atoms with van der Waals surface area (Å²) in [5.41, 5.74) is 1.02.